The summed E-state index contributed by atoms with van der Waals surface area (Å²) in [5, 5.41) is 13.3. The summed E-state index contributed by atoms with van der Waals surface area (Å²) in [4.78, 5) is 32.7. The lowest BCUT2D eigenvalue weighted by Crippen LogP contribution is -2.39. The SMILES string of the molecule is Cc1nc(C)c(C(OC(C)(C)C)C(=O)O)c(N2CCC(C)(C)CC2)c1-c1ccc(C(=O)NCCc2ccc(F)cc2)cc1. The van der Waals surface area contributed by atoms with Crippen LogP contribution in [0.5, 0.6) is 0 Å². The number of rotatable bonds is 9. The molecule has 1 aliphatic heterocycles. The number of benzene rings is 2. The van der Waals surface area contributed by atoms with E-state index < -0.39 is 17.7 Å². The molecule has 2 aromatic carbocycles. The summed E-state index contributed by atoms with van der Waals surface area (Å²) in [6.07, 6.45) is 1.35. The van der Waals surface area contributed by atoms with E-state index in [-0.39, 0.29) is 17.1 Å². The van der Waals surface area contributed by atoms with E-state index in [0.717, 1.165) is 54.0 Å². The van der Waals surface area contributed by atoms with Crippen LogP contribution in [-0.2, 0) is 16.0 Å². The number of nitrogens with one attached hydrogen (secondary N) is 1. The Morgan fingerprint density at radius 2 is 1.63 bits per heavy atom. The predicted molar refractivity (Wildman–Crippen MR) is 168 cm³/mol. The van der Waals surface area contributed by atoms with Crippen LogP contribution in [0.2, 0.25) is 0 Å². The number of carbonyl (C=O) groups excluding carboxylic acids is 1. The second kappa shape index (κ2) is 12.8. The maximum atomic E-state index is 13.2. The average Bonchev–Trinajstić information content (AvgIpc) is 2.92. The monoisotopic (exact) mass is 589 g/mol. The molecule has 1 amide bonds. The van der Waals surface area contributed by atoms with Crippen molar-refractivity contribution in [2.75, 3.05) is 24.5 Å². The molecule has 1 aliphatic rings. The molecule has 0 radical (unpaired) electrons. The van der Waals surface area contributed by atoms with Crippen LogP contribution in [0.25, 0.3) is 11.1 Å². The number of nitrogens with zero attached hydrogens (tertiary/aromatic N) is 2. The minimum atomic E-state index is -1.19. The van der Waals surface area contributed by atoms with E-state index in [1.54, 1.807) is 24.3 Å². The zero-order valence-electron chi connectivity index (χ0n) is 26.4. The number of carboxylic acid groups (broad SMARTS) is 1. The third kappa shape index (κ3) is 7.99. The number of piperidine rings is 1. The highest BCUT2D eigenvalue weighted by Crippen LogP contribution is 2.44. The van der Waals surface area contributed by atoms with Gasteiger partial charge in [0.25, 0.3) is 5.91 Å². The summed E-state index contributed by atoms with van der Waals surface area (Å²) in [5.74, 6) is -1.54. The first-order valence-corrected chi connectivity index (χ1v) is 14.9. The van der Waals surface area contributed by atoms with Gasteiger partial charge >= 0.3 is 5.97 Å². The van der Waals surface area contributed by atoms with Gasteiger partial charge in [0.05, 0.1) is 11.3 Å². The number of ether oxygens (including phenoxy) is 1. The van der Waals surface area contributed by atoms with Crippen LogP contribution in [0.1, 0.15) is 86.4 Å². The molecular weight excluding hydrogens is 545 g/mol. The molecule has 0 bridgehead atoms. The Morgan fingerprint density at radius 1 is 1.02 bits per heavy atom. The fourth-order valence-electron chi connectivity index (χ4n) is 5.62. The Balaban J connectivity index is 1.70. The molecule has 1 fully saturated rings. The Labute approximate surface area is 254 Å². The number of aromatic nitrogens is 1. The van der Waals surface area contributed by atoms with Crippen molar-refractivity contribution in [1.82, 2.24) is 10.3 Å². The standard InChI is InChI=1S/C35H44FN3O4/c1-22-28(25-10-12-26(13-11-25)32(40)37-19-16-24-8-14-27(36)15-9-24)30(39-20-17-35(6,7)18-21-39)29(23(2)38-22)31(33(41)42)43-34(3,4)5/h8-15,31H,16-21H2,1-7H3,(H,37,40)(H,41,42). The van der Waals surface area contributed by atoms with E-state index in [9.17, 15) is 19.1 Å². The third-order valence-electron chi connectivity index (χ3n) is 8.02. The van der Waals surface area contributed by atoms with E-state index in [4.69, 9.17) is 9.72 Å². The van der Waals surface area contributed by atoms with Crippen LogP contribution in [0.4, 0.5) is 10.1 Å². The van der Waals surface area contributed by atoms with Crippen molar-refractivity contribution < 1.29 is 23.8 Å². The van der Waals surface area contributed by atoms with Gasteiger partial charge in [-0.15, -0.1) is 0 Å². The number of amides is 1. The molecule has 3 aromatic rings. The van der Waals surface area contributed by atoms with Crippen LogP contribution in [0, 0.1) is 25.1 Å². The molecule has 4 rings (SSSR count). The highest BCUT2D eigenvalue weighted by atomic mass is 19.1. The number of carbonyl (C=O) groups is 2. The zero-order valence-corrected chi connectivity index (χ0v) is 26.4. The number of halogens is 1. The fraction of sp³-hybridized carbons (Fsp3) is 0.457. The topological polar surface area (TPSA) is 91.8 Å². The molecule has 8 heteroatoms. The lowest BCUT2D eigenvalue weighted by atomic mass is 9.81. The molecule has 0 spiro atoms. The second-order valence-corrected chi connectivity index (χ2v) is 13.2. The molecule has 1 atom stereocenters. The van der Waals surface area contributed by atoms with Crippen molar-refractivity contribution in [1.29, 1.82) is 0 Å². The number of carboxylic acids is 1. The van der Waals surface area contributed by atoms with E-state index >= 15 is 0 Å². The highest BCUT2D eigenvalue weighted by molar-refractivity contribution is 5.95. The van der Waals surface area contributed by atoms with Crippen LogP contribution in [0.3, 0.4) is 0 Å². The summed E-state index contributed by atoms with van der Waals surface area (Å²) >= 11 is 0. The molecule has 1 saturated heterocycles. The minimum Gasteiger partial charge on any atom is -0.479 e. The molecule has 2 N–H and O–H groups in total. The number of anilines is 1. The normalized spacial score (nSPS) is 15.7. The van der Waals surface area contributed by atoms with Gasteiger partial charge in [0.15, 0.2) is 6.10 Å². The lowest BCUT2D eigenvalue weighted by Gasteiger charge is -2.41. The van der Waals surface area contributed by atoms with Crippen molar-refractivity contribution in [3.8, 4) is 11.1 Å². The molecular formula is C35H44FN3O4. The molecule has 7 nitrogen and oxygen atoms in total. The molecule has 43 heavy (non-hydrogen) atoms. The van der Waals surface area contributed by atoms with Crippen molar-refractivity contribution in [2.24, 2.45) is 5.41 Å². The average molecular weight is 590 g/mol. The Kier molecular flexibility index (Phi) is 9.60. The number of aliphatic carboxylic acids is 1. The van der Waals surface area contributed by atoms with Crippen molar-refractivity contribution >= 4 is 17.6 Å². The van der Waals surface area contributed by atoms with Crippen LogP contribution >= 0.6 is 0 Å². The summed E-state index contributed by atoms with van der Waals surface area (Å²) in [5.41, 5.74) is 5.52. The second-order valence-electron chi connectivity index (χ2n) is 13.2. The molecule has 1 unspecified atom stereocenters. The van der Waals surface area contributed by atoms with E-state index in [1.807, 2.05) is 46.8 Å². The molecule has 2 heterocycles. The van der Waals surface area contributed by atoms with Gasteiger partial charge < -0.3 is 20.1 Å². The van der Waals surface area contributed by atoms with E-state index in [2.05, 4.69) is 24.1 Å². The van der Waals surface area contributed by atoms with Gasteiger partial charge in [0, 0.05) is 47.7 Å². The maximum Gasteiger partial charge on any atom is 0.337 e. The van der Waals surface area contributed by atoms with Gasteiger partial charge in [-0.2, -0.15) is 0 Å². The fourth-order valence-corrected chi connectivity index (χ4v) is 5.62. The van der Waals surface area contributed by atoms with Crippen LogP contribution in [-0.4, -0.2) is 47.2 Å². The lowest BCUT2D eigenvalue weighted by molar-refractivity contribution is -0.160. The van der Waals surface area contributed by atoms with Gasteiger partial charge in [-0.1, -0.05) is 38.1 Å². The summed E-state index contributed by atoms with van der Waals surface area (Å²) < 4.78 is 19.3. The highest BCUT2D eigenvalue weighted by Gasteiger charge is 2.36. The van der Waals surface area contributed by atoms with Crippen molar-refractivity contribution in [2.45, 2.75) is 79.4 Å². The first kappa shape index (κ1) is 32.1. The summed E-state index contributed by atoms with van der Waals surface area (Å²) in [6, 6.07) is 13.6. The first-order valence-electron chi connectivity index (χ1n) is 14.9. The quantitative estimate of drug-likeness (QED) is 0.278. The van der Waals surface area contributed by atoms with Gasteiger partial charge in [0.1, 0.15) is 5.82 Å². The molecule has 0 saturated carbocycles. The third-order valence-corrected chi connectivity index (χ3v) is 8.02. The number of hydrogen-bond donors (Lipinski definition) is 2. The van der Waals surface area contributed by atoms with Crippen LogP contribution < -0.4 is 10.2 Å². The maximum absolute atomic E-state index is 13.2. The summed E-state index contributed by atoms with van der Waals surface area (Å²) in [6.45, 7) is 15.9. The van der Waals surface area contributed by atoms with Crippen LogP contribution in [0.15, 0.2) is 48.5 Å². The zero-order chi connectivity index (χ0) is 31.5. The van der Waals surface area contributed by atoms with Crippen molar-refractivity contribution in [3.05, 3.63) is 82.4 Å². The molecule has 230 valence electrons. The number of hydrogen-bond acceptors (Lipinski definition) is 5. The van der Waals surface area contributed by atoms with Gasteiger partial charge in [-0.25, -0.2) is 9.18 Å². The number of pyridine rings is 1. The molecule has 1 aromatic heterocycles. The van der Waals surface area contributed by atoms with Gasteiger partial charge in [-0.05, 0) is 94.7 Å². The van der Waals surface area contributed by atoms with Gasteiger partial charge in [0.2, 0.25) is 0 Å². The van der Waals surface area contributed by atoms with Gasteiger partial charge in [-0.3, -0.25) is 9.78 Å². The first-order chi connectivity index (χ1) is 20.1. The summed E-state index contributed by atoms with van der Waals surface area (Å²) in [7, 11) is 0. The van der Waals surface area contributed by atoms with E-state index in [1.165, 1.54) is 12.1 Å². The predicted octanol–water partition coefficient (Wildman–Crippen LogP) is 7.04. The Morgan fingerprint density at radius 3 is 2.19 bits per heavy atom. The van der Waals surface area contributed by atoms with Crippen molar-refractivity contribution in [3.63, 3.8) is 0 Å². The smallest absolute Gasteiger partial charge is 0.337 e. The Bertz CT molecular complexity index is 1450. The largest absolute Gasteiger partial charge is 0.479 e. The van der Waals surface area contributed by atoms with E-state index in [0.29, 0.717) is 29.8 Å². The molecule has 0 aliphatic carbocycles. The number of aryl methyl sites for hydroxylation is 2. The minimum absolute atomic E-state index is 0.198. The Hall–Kier alpha value is -3.78.